The van der Waals surface area contributed by atoms with E-state index in [1.165, 1.54) is 16.5 Å². The molecule has 2 amide bonds. The van der Waals surface area contributed by atoms with Crippen molar-refractivity contribution in [1.82, 2.24) is 20.2 Å². The summed E-state index contributed by atoms with van der Waals surface area (Å²) < 4.78 is 5.73. The Balaban J connectivity index is 1.33. The standard InChI is InChI=1S/C23H28N4O2/c1-16(2)29-22-18(6-5-11-24-22)14-26-23(28)27-12-9-17(10-13-27)20-15-25-21-8-4-3-7-19(20)21/h3-8,11,15-17,25H,9-10,12-14H2,1-2H3,(H,26,28). The Morgan fingerprint density at radius 1 is 1.24 bits per heavy atom. The van der Waals surface area contributed by atoms with Crippen molar-refractivity contribution in [2.24, 2.45) is 0 Å². The molecule has 0 radical (unpaired) electrons. The van der Waals surface area contributed by atoms with E-state index >= 15 is 0 Å². The van der Waals surface area contributed by atoms with Crippen LogP contribution in [0.4, 0.5) is 4.79 Å². The molecule has 152 valence electrons. The van der Waals surface area contributed by atoms with Crippen LogP contribution in [0.25, 0.3) is 10.9 Å². The van der Waals surface area contributed by atoms with Crippen LogP contribution in [0.2, 0.25) is 0 Å². The van der Waals surface area contributed by atoms with E-state index < -0.39 is 0 Å². The maximum atomic E-state index is 12.7. The van der Waals surface area contributed by atoms with E-state index in [4.69, 9.17) is 4.74 Å². The lowest BCUT2D eigenvalue weighted by atomic mass is 9.89. The number of carbonyl (C=O) groups excluding carboxylic acids is 1. The molecule has 0 saturated carbocycles. The van der Waals surface area contributed by atoms with Crippen LogP contribution in [0, 0.1) is 0 Å². The molecule has 4 rings (SSSR count). The number of hydrogen-bond donors (Lipinski definition) is 2. The van der Waals surface area contributed by atoms with Crippen molar-refractivity contribution in [3.05, 3.63) is 59.9 Å². The fourth-order valence-electron chi connectivity index (χ4n) is 4.00. The molecule has 1 aliphatic rings. The molecule has 6 nitrogen and oxygen atoms in total. The van der Waals surface area contributed by atoms with E-state index in [0.717, 1.165) is 31.5 Å². The molecule has 0 unspecified atom stereocenters. The summed E-state index contributed by atoms with van der Waals surface area (Å²) in [7, 11) is 0. The second-order valence-corrected chi connectivity index (χ2v) is 7.84. The lowest BCUT2D eigenvalue weighted by molar-refractivity contribution is 0.180. The number of hydrogen-bond acceptors (Lipinski definition) is 3. The van der Waals surface area contributed by atoms with E-state index in [0.29, 0.717) is 18.3 Å². The van der Waals surface area contributed by atoms with Gasteiger partial charge in [0.2, 0.25) is 5.88 Å². The summed E-state index contributed by atoms with van der Waals surface area (Å²) in [5.74, 6) is 1.07. The number of aromatic nitrogens is 2. The lowest BCUT2D eigenvalue weighted by Gasteiger charge is -2.32. The van der Waals surface area contributed by atoms with Gasteiger partial charge in [0, 0.05) is 48.5 Å². The van der Waals surface area contributed by atoms with Crippen molar-refractivity contribution in [2.45, 2.75) is 45.3 Å². The second kappa shape index (κ2) is 8.55. The highest BCUT2D eigenvalue weighted by atomic mass is 16.5. The quantitative estimate of drug-likeness (QED) is 0.674. The van der Waals surface area contributed by atoms with E-state index in [9.17, 15) is 4.79 Å². The minimum absolute atomic E-state index is 0.0262. The molecule has 0 aliphatic carbocycles. The molecule has 29 heavy (non-hydrogen) atoms. The van der Waals surface area contributed by atoms with Crippen LogP contribution in [0.5, 0.6) is 5.88 Å². The summed E-state index contributed by atoms with van der Waals surface area (Å²) in [6.07, 6.45) is 5.83. The summed E-state index contributed by atoms with van der Waals surface area (Å²) in [4.78, 5) is 22.2. The average molecular weight is 393 g/mol. The molecule has 3 heterocycles. The van der Waals surface area contributed by atoms with Crippen molar-refractivity contribution in [3.63, 3.8) is 0 Å². The van der Waals surface area contributed by atoms with Crippen LogP contribution in [0.15, 0.2) is 48.8 Å². The van der Waals surface area contributed by atoms with E-state index in [-0.39, 0.29) is 12.1 Å². The van der Waals surface area contributed by atoms with Gasteiger partial charge in [0.25, 0.3) is 0 Å². The fraction of sp³-hybridized carbons (Fsp3) is 0.391. The number of urea groups is 1. The largest absolute Gasteiger partial charge is 0.475 e. The summed E-state index contributed by atoms with van der Waals surface area (Å²) in [5, 5.41) is 4.32. The third-order valence-electron chi connectivity index (χ3n) is 5.47. The molecule has 0 atom stereocenters. The summed E-state index contributed by atoms with van der Waals surface area (Å²) >= 11 is 0. The Kier molecular flexibility index (Phi) is 5.69. The Hall–Kier alpha value is -3.02. The van der Waals surface area contributed by atoms with Gasteiger partial charge in [-0.15, -0.1) is 0 Å². The van der Waals surface area contributed by atoms with Gasteiger partial charge in [-0.3, -0.25) is 0 Å². The minimum Gasteiger partial charge on any atom is -0.475 e. The topological polar surface area (TPSA) is 70.2 Å². The molecule has 1 aliphatic heterocycles. The van der Waals surface area contributed by atoms with Gasteiger partial charge in [0.05, 0.1) is 6.10 Å². The maximum Gasteiger partial charge on any atom is 0.317 e. The fourth-order valence-corrected chi connectivity index (χ4v) is 4.00. The van der Waals surface area contributed by atoms with Gasteiger partial charge in [-0.2, -0.15) is 0 Å². The summed E-state index contributed by atoms with van der Waals surface area (Å²) in [6.45, 7) is 5.87. The molecule has 1 aromatic carbocycles. The monoisotopic (exact) mass is 392 g/mol. The Labute approximate surface area is 171 Å². The number of aromatic amines is 1. The van der Waals surface area contributed by atoms with Gasteiger partial charge in [-0.25, -0.2) is 9.78 Å². The van der Waals surface area contributed by atoms with Gasteiger partial charge in [-0.05, 0) is 50.3 Å². The van der Waals surface area contributed by atoms with Crippen molar-refractivity contribution in [2.75, 3.05) is 13.1 Å². The molecule has 0 bridgehead atoms. The molecule has 2 N–H and O–H groups in total. The number of para-hydroxylation sites is 1. The van der Waals surface area contributed by atoms with Gasteiger partial charge in [0.15, 0.2) is 0 Å². The number of amides is 2. The van der Waals surface area contributed by atoms with Crippen LogP contribution in [0.3, 0.4) is 0 Å². The number of piperidine rings is 1. The Bertz CT molecular complexity index is 974. The molecule has 0 spiro atoms. The van der Waals surface area contributed by atoms with Gasteiger partial charge >= 0.3 is 6.03 Å². The molecular formula is C23H28N4O2. The number of nitrogens with one attached hydrogen (secondary N) is 2. The first-order chi connectivity index (χ1) is 14.1. The molecule has 1 saturated heterocycles. The number of benzene rings is 1. The van der Waals surface area contributed by atoms with Crippen LogP contribution in [-0.4, -0.2) is 40.1 Å². The van der Waals surface area contributed by atoms with Gasteiger partial charge in [-0.1, -0.05) is 24.3 Å². The van der Waals surface area contributed by atoms with Crippen molar-refractivity contribution in [1.29, 1.82) is 0 Å². The van der Waals surface area contributed by atoms with Gasteiger partial charge < -0.3 is 19.9 Å². The molecule has 2 aromatic heterocycles. The zero-order chi connectivity index (χ0) is 20.2. The number of likely N-dealkylation sites (tertiary alicyclic amines) is 1. The van der Waals surface area contributed by atoms with E-state index in [2.05, 4.69) is 45.7 Å². The summed E-state index contributed by atoms with van der Waals surface area (Å²) in [6, 6.07) is 12.2. The van der Waals surface area contributed by atoms with Crippen LogP contribution < -0.4 is 10.1 Å². The maximum absolute atomic E-state index is 12.7. The van der Waals surface area contributed by atoms with Crippen LogP contribution >= 0.6 is 0 Å². The van der Waals surface area contributed by atoms with E-state index in [1.807, 2.05) is 30.9 Å². The first kappa shape index (κ1) is 19.3. The minimum atomic E-state index is -0.0262. The van der Waals surface area contributed by atoms with Crippen molar-refractivity contribution in [3.8, 4) is 5.88 Å². The van der Waals surface area contributed by atoms with Crippen molar-refractivity contribution < 1.29 is 9.53 Å². The number of rotatable bonds is 5. The summed E-state index contributed by atoms with van der Waals surface area (Å²) in [5.41, 5.74) is 3.44. The highest BCUT2D eigenvalue weighted by Crippen LogP contribution is 2.33. The Morgan fingerprint density at radius 3 is 2.83 bits per heavy atom. The second-order valence-electron chi connectivity index (χ2n) is 7.84. The van der Waals surface area contributed by atoms with Crippen molar-refractivity contribution >= 4 is 16.9 Å². The number of ether oxygens (including phenoxy) is 1. The zero-order valence-electron chi connectivity index (χ0n) is 17.0. The molecule has 6 heteroatoms. The SMILES string of the molecule is CC(C)Oc1ncccc1CNC(=O)N1CCC(c2c[nH]c3ccccc23)CC1. The highest BCUT2D eigenvalue weighted by Gasteiger charge is 2.25. The Morgan fingerprint density at radius 2 is 2.03 bits per heavy atom. The van der Waals surface area contributed by atoms with Crippen LogP contribution in [0.1, 0.15) is 43.7 Å². The van der Waals surface area contributed by atoms with Crippen LogP contribution in [-0.2, 0) is 6.54 Å². The molecular weight excluding hydrogens is 364 g/mol. The van der Waals surface area contributed by atoms with Gasteiger partial charge in [0.1, 0.15) is 0 Å². The molecule has 1 fully saturated rings. The first-order valence-electron chi connectivity index (χ1n) is 10.3. The molecule has 3 aromatic rings. The lowest BCUT2D eigenvalue weighted by Crippen LogP contribution is -2.43. The predicted octanol–water partition coefficient (Wildman–Crippen LogP) is 4.44. The smallest absolute Gasteiger partial charge is 0.317 e. The normalized spacial score (nSPS) is 15.1. The zero-order valence-corrected chi connectivity index (χ0v) is 17.0. The number of H-pyrrole nitrogens is 1. The van der Waals surface area contributed by atoms with E-state index in [1.54, 1.807) is 6.20 Å². The number of fused-ring (bicyclic) bond motifs is 1. The third-order valence-corrected chi connectivity index (χ3v) is 5.47. The number of carbonyl (C=O) groups is 1. The third kappa shape index (κ3) is 4.36. The number of nitrogens with zero attached hydrogens (tertiary/aromatic N) is 2. The number of pyridine rings is 1. The predicted molar refractivity (Wildman–Crippen MR) is 114 cm³/mol. The highest BCUT2D eigenvalue weighted by molar-refractivity contribution is 5.83. The average Bonchev–Trinajstić information content (AvgIpc) is 3.17. The first-order valence-corrected chi connectivity index (χ1v) is 10.3.